The van der Waals surface area contributed by atoms with Crippen LogP contribution >= 0.6 is 34.8 Å². The molecule has 0 saturated carbocycles. The molecule has 0 fully saturated rings. The van der Waals surface area contributed by atoms with Crippen molar-refractivity contribution >= 4 is 41.0 Å². The number of alkyl halides is 3. The summed E-state index contributed by atoms with van der Waals surface area (Å²) in [4.78, 5) is 8.56. The molecule has 0 radical (unpaired) electrons. The van der Waals surface area contributed by atoms with Crippen molar-refractivity contribution in [3.05, 3.63) is 0 Å². The van der Waals surface area contributed by atoms with E-state index in [1.165, 1.54) is 0 Å². The molecule has 0 aliphatic heterocycles. The second-order valence-corrected chi connectivity index (χ2v) is 2.51. The fourth-order valence-electron chi connectivity index (χ4n) is 0. The average Bonchev–Trinajstić information content (AvgIpc) is 1.25. The van der Waals surface area contributed by atoms with Crippen molar-refractivity contribution in [2.45, 2.75) is 4.30 Å². The van der Waals surface area contributed by atoms with Crippen molar-refractivity contribution < 1.29 is 46.0 Å². The number of carboxylic acid groups (broad SMARTS) is 2. The van der Waals surface area contributed by atoms with E-state index >= 15 is 0 Å². The number of rotatable bonds is 0. The first kappa shape index (κ1) is 16.6. The molecule has 0 aromatic rings. The van der Waals surface area contributed by atoms with Gasteiger partial charge in [-0.3, -0.25) is 0 Å². The van der Waals surface area contributed by atoms with Gasteiger partial charge in [-0.1, -0.05) is 34.8 Å². The van der Waals surface area contributed by atoms with Crippen LogP contribution in [0.15, 0.2) is 0 Å². The van der Waals surface area contributed by atoms with Crippen LogP contribution in [-0.4, -0.2) is 20.7 Å². The maximum Gasteiger partial charge on any atom is 1.00 e. The molecule has 3 nitrogen and oxygen atoms in total. The molecule has 0 bridgehead atoms. The number of hydrogen-bond acceptors (Lipinski definition) is 1. The third kappa shape index (κ3) is 359. The molecule has 0 aromatic heterocycles. The summed E-state index contributed by atoms with van der Waals surface area (Å²) in [5.74, 6) is 0. The Hall–Kier alpha value is 1.14. The van der Waals surface area contributed by atoms with E-state index in [4.69, 9.17) is 49.8 Å². The molecule has 0 heterocycles. The Morgan fingerprint density at radius 3 is 1.33 bits per heavy atom. The molecule has 0 unspecified atom stereocenters. The molecule has 0 aromatic carbocycles. The van der Waals surface area contributed by atoms with Gasteiger partial charge < -0.3 is 11.6 Å². The summed E-state index contributed by atoms with van der Waals surface area (Å²) < 4.78 is -0.750. The van der Waals surface area contributed by atoms with Crippen LogP contribution in [0.3, 0.4) is 0 Å². The van der Waals surface area contributed by atoms with Crippen molar-refractivity contribution in [2.75, 3.05) is 0 Å². The summed E-state index contributed by atoms with van der Waals surface area (Å²) in [5.41, 5.74) is 0. The van der Waals surface area contributed by atoms with Crippen molar-refractivity contribution in [1.82, 2.24) is 0 Å². The second kappa shape index (κ2) is 11.9. The van der Waals surface area contributed by atoms with Gasteiger partial charge in [0, 0.05) is 0 Å². The third-order valence-electron chi connectivity index (χ3n) is 0. The molecule has 9 heavy (non-hydrogen) atoms. The van der Waals surface area contributed by atoms with Crippen molar-refractivity contribution in [3.63, 3.8) is 0 Å². The van der Waals surface area contributed by atoms with E-state index in [-0.39, 0.29) is 31.0 Å². The Balaban J connectivity index is -0.0000000300. The summed E-state index contributed by atoms with van der Waals surface area (Å²) in [7, 11) is 0. The van der Waals surface area contributed by atoms with Gasteiger partial charge >= 0.3 is 35.7 Å². The number of halogens is 3. The van der Waals surface area contributed by atoms with Gasteiger partial charge in [-0.15, -0.1) is 0 Å². The zero-order valence-electron chi connectivity index (χ0n) is 5.51. The second-order valence-electron chi connectivity index (χ2n) is 0.530. The van der Waals surface area contributed by atoms with E-state index in [9.17, 15) is 0 Å². The van der Waals surface area contributed by atoms with E-state index in [1.54, 1.807) is 0 Å². The van der Waals surface area contributed by atoms with Crippen LogP contribution < -0.4 is 29.6 Å². The van der Waals surface area contributed by atoms with Gasteiger partial charge in [0.05, 0.1) is 0 Å². The Kier molecular flexibility index (Phi) is 21.9. The van der Waals surface area contributed by atoms with Crippen LogP contribution in [0.2, 0.25) is 0 Å². The van der Waals surface area contributed by atoms with Crippen LogP contribution in [0, 0.1) is 0 Å². The summed E-state index contributed by atoms with van der Waals surface area (Å²) in [6.07, 6.45) is -1.83. The molecule has 0 amide bonds. The molecule has 7 heteroatoms. The van der Waals surface area contributed by atoms with Gasteiger partial charge in [-0.05, 0) is 0 Å². The minimum absolute atomic E-state index is 0. The Bertz CT molecular complexity index is 66.0. The van der Waals surface area contributed by atoms with Crippen LogP contribution in [0.25, 0.3) is 0 Å². The Labute approximate surface area is 90.7 Å². The van der Waals surface area contributed by atoms with E-state index in [0.29, 0.717) is 0 Å². The Morgan fingerprint density at radius 1 is 1.33 bits per heavy atom. The number of carbonyl (C=O) groups is 1. The predicted molar refractivity (Wildman–Crippen MR) is 33.1 cm³/mol. The zero-order chi connectivity index (χ0) is 7.15. The fourth-order valence-corrected chi connectivity index (χ4v) is 0. The maximum absolute atomic E-state index is 8.56. The summed E-state index contributed by atoms with van der Waals surface area (Å²) in [6.45, 7) is 0. The van der Waals surface area contributed by atoms with Crippen LogP contribution in [0.1, 0.15) is 1.43 Å². The third-order valence-corrected chi connectivity index (χ3v) is 0. The summed E-state index contributed by atoms with van der Waals surface area (Å²) >= 11 is 14.4. The normalized spacial score (nSPS) is 6.67. The van der Waals surface area contributed by atoms with E-state index in [0.717, 1.165) is 0 Å². The van der Waals surface area contributed by atoms with Crippen molar-refractivity contribution in [2.24, 2.45) is 0 Å². The first-order valence-electron chi connectivity index (χ1n) is 1.31. The van der Waals surface area contributed by atoms with E-state index < -0.39 is 10.5 Å². The SMILES string of the molecule is ClC(Cl)Cl.O=C(O)O.[H-].[Na+]. The first-order chi connectivity index (χ1) is 3.46. The molecule has 2 N–H and O–H groups in total. The predicted octanol–water partition coefficient (Wildman–Crippen LogP) is -0.675. The quantitative estimate of drug-likeness (QED) is 0.407. The molecule has 0 spiro atoms. The minimum atomic E-state index is -1.83. The number of hydrogen-bond donors (Lipinski definition) is 2. The van der Waals surface area contributed by atoms with Gasteiger partial charge in [0.25, 0.3) is 0 Å². The maximum atomic E-state index is 8.56. The molecular formula is C2H4Cl3NaO3. The van der Waals surface area contributed by atoms with Crippen LogP contribution in [0.5, 0.6) is 0 Å². The van der Waals surface area contributed by atoms with Gasteiger partial charge in [0.1, 0.15) is 0 Å². The monoisotopic (exact) mass is 204 g/mol. The van der Waals surface area contributed by atoms with Crippen LogP contribution in [-0.2, 0) is 0 Å². The first-order valence-corrected chi connectivity index (χ1v) is 2.62. The minimum Gasteiger partial charge on any atom is -1.00 e. The van der Waals surface area contributed by atoms with Gasteiger partial charge in [0.2, 0.25) is 0 Å². The molecule has 0 saturated heterocycles. The van der Waals surface area contributed by atoms with Crippen molar-refractivity contribution in [1.29, 1.82) is 0 Å². The molecule has 0 atom stereocenters. The molecule has 0 aliphatic rings. The topological polar surface area (TPSA) is 57.5 Å². The summed E-state index contributed by atoms with van der Waals surface area (Å²) in [6, 6.07) is 0. The average molecular weight is 205 g/mol. The van der Waals surface area contributed by atoms with E-state index in [1.807, 2.05) is 0 Å². The Morgan fingerprint density at radius 2 is 1.33 bits per heavy atom. The molecule has 52 valence electrons. The smallest absolute Gasteiger partial charge is 1.00 e. The molecular weight excluding hydrogens is 201 g/mol. The molecule has 0 rings (SSSR count). The fraction of sp³-hybridized carbons (Fsp3) is 0.500. The summed E-state index contributed by atoms with van der Waals surface area (Å²) in [5, 5.41) is 13.9. The van der Waals surface area contributed by atoms with Gasteiger partial charge in [-0.25, -0.2) is 4.79 Å². The van der Waals surface area contributed by atoms with Gasteiger partial charge in [0.15, 0.2) is 4.30 Å². The van der Waals surface area contributed by atoms with Gasteiger partial charge in [-0.2, -0.15) is 0 Å². The zero-order valence-corrected chi connectivity index (χ0v) is 8.78. The standard InChI is InChI=1S/CHCl3.CH2O3.Na.H/c2*2-1(3)4;;/h1H;(H2,2,3,4);;/q;;+1;-1. The van der Waals surface area contributed by atoms with Crippen molar-refractivity contribution in [3.8, 4) is 0 Å². The largest absolute Gasteiger partial charge is 1.00 e. The van der Waals surface area contributed by atoms with E-state index in [2.05, 4.69) is 0 Å². The van der Waals surface area contributed by atoms with Crippen LogP contribution in [0.4, 0.5) is 4.79 Å². The molecule has 0 aliphatic carbocycles.